The van der Waals surface area contributed by atoms with Crippen LogP contribution in [0.1, 0.15) is 49.2 Å². The van der Waals surface area contributed by atoms with Gasteiger partial charge in [-0.05, 0) is 11.5 Å². The molecule has 13 nitrogen and oxygen atoms in total. The summed E-state index contributed by atoms with van der Waals surface area (Å²) in [5, 5.41) is 7.95. The summed E-state index contributed by atoms with van der Waals surface area (Å²) in [6, 6.07) is 7.95. The molecule has 2 fully saturated rings. The first-order valence-corrected chi connectivity index (χ1v) is 13.0. The molecule has 0 saturated carbocycles. The molecular formula is C26H32BN5O8. The second kappa shape index (κ2) is 11.8. The van der Waals surface area contributed by atoms with E-state index in [1.165, 1.54) is 25.6 Å². The molecule has 1 aromatic carbocycles. The van der Waals surface area contributed by atoms with Crippen molar-refractivity contribution in [2.45, 2.75) is 57.1 Å². The molecule has 0 aliphatic carbocycles. The van der Waals surface area contributed by atoms with E-state index in [9.17, 15) is 24.0 Å². The summed E-state index contributed by atoms with van der Waals surface area (Å²) < 4.78 is 15.7. The summed E-state index contributed by atoms with van der Waals surface area (Å²) in [4.78, 5) is 72.9. The van der Waals surface area contributed by atoms with E-state index >= 15 is 0 Å². The van der Waals surface area contributed by atoms with E-state index < -0.39 is 66.8 Å². The molecule has 4 rings (SSSR count). The summed E-state index contributed by atoms with van der Waals surface area (Å²) in [6.07, 6.45) is 3.46. The Kier molecular flexibility index (Phi) is 8.47. The standard InChI is InChI=1S/C26H32BN5O8/c1-16(2)11-20(27-38-21(33)13-26(40-27,25(37)28-3)14-22(34)39-27)32-23(35)18(12-17-7-5-4-6-8-17)31-24(36)19-15-29-9-10-30-19/h4-10,15-16,18,20,38H,11-14H2,1-3H3,(H,28,37)(H,31,36)(H,32,35)/t18-,20-,26+,27?/m0/s1. The lowest BCUT2D eigenvalue weighted by Crippen LogP contribution is -2.77. The fourth-order valence-electron chi connectivity index (χ4n) is 5.03. The number of amides is 3. The molecule has 4 N–H and O–H groups in total. The van der Waals surface area contributed by atoms with E-state index in [4.69, 9.17) is 9.31 Å². The van der Waals surface area contributed by atoms with Crippen LogP contribution in [0.5, 0.6) is 0 Å². The zero-order valence-electron chi connectivity index (χ0n) is 22.5. The average molecular weight is 553 g/mol. The molecule has 2 saturated heterocycles. The number of nitrogens with zero attached hydrogens (tertiary/aromatic N) is 2. The van der Waals surface area contributed by atoms with E-state index in [1.54, 1.807) is 12.1 Å². The number of rotatable bonds is 10. The van der Waals surface area contributed by atoms with E-state index in [2.05, 4.69) is 30.6 Å². The molecule has 2 bridgehead atoms. The Hall–Kier alpha value is -4.33. The predicted molar refractivity (Wildman–Crippen MR) is 141 cm³/mol. The number of carbonyl (C=O) groups is 5. The number of benzene rings is 1. The van der Waals surface area contributed by atoms with E-state index in [1.807, 2.05) is 32.0 Å². The number of fused-ring (bicyclic) bond motifs is 2. The molecule has 14 heteroatoms. The monoisotopic (exact) mass is 553 g/mol. The fraction of sp³-hybridized carbons (Fsp3) is 0.423. The number of hydrogen-bond donors (Lipinski definition) is 3. The molecule has 0 spiro atoms. The Morgan fingerprint density at radius 1 is 1.10 bits per heavy atom. The van der Waals surface area contributed by atoms with Crippen molar-refractivity contribution in [3.8, 4) is 0 Å². The Labute approximate surface area is 230 Å². The van der Waals surface area contributed by atoms with Crippen molar-refractivity contribution in [3.63, 3.8) is 0 Å². The van der Waals surface area contributed by atoms with Gasteiger partial charge in [-0.25, -0.2) is 4.98 Å². The number of aliphatic carboxylic acids is 1. The first kappa shape index (κ1) is 28.7. The van der Waals surface area contributed by atoms with Crippen molar-refractivity contribution in [1.29, 1.82) is 0 Å². The minimum absolute atomic E-state index is 0.0164. The van der Waals surface area contributed by atoms with Crippen molar-refractivity contribution >= 4 is 36.4 Å². The van der Waals surface area contributed by atoms with Crippen LogP contribution in [0.15, 0.2) is 48.9 Å². The van der Waals surface area contributed by atoms with Gasteiger partial charge in [0.1, 0.15) is 23.8 Å². The number of aromatic nitrogens is 2. The van der Waals surface area contributed by atoms with E-state index in [0.29, 0.717) is 0 Å². The van der Waals surface area contributed by atoms with Crippen molar-refractivity contribution in [1.82, 2.24) is 25.9 Å². The average Bonchev–Trinajstić information content (AvgIpc) is 2.91. The summed E-state index contributed by atoms with van der Waals surface area (Å²) >= 11 is 0. The lowest BCUT2D eigenvalue weighted by molar-refractivity contribution is -0.201. The van der Waals surface area contributed by atoms with Crippen LogP contribution in [-0.4, -0.2) is 75.7 Å². The highest BCUT2D eigenvalue weighted by Gasteiger charge is 2.65. The Morgan fingerprint density at radius 3 is 2.50 bits per heavy atom. The summed E-state index contributed by atoms with van der Waals surface area (Å²) in [5.41, 5.74) is -1.02. The highest BCUT2D eigenvalue weighted by Crippen LogP contribution is 2.39. The number of hydrogen-bond acceptors (Lipinski definition) is 9. The molecule has 3 amide bonds. The van der Waals surface area contributed by atoms with Gasteiger partial charge in [0.2, 0.25) is 11.8 Å². The van der Waals surface area contributed by atoms with Crippen LogP contribution in [0.3, 0.4) is 0 Å². The molecule has 4 atom stereocenters. The molecule has 3 heterocycles. The number of likely N-dealkylation sites (N-methyl/N-ethyl adjacent to an activating group) is 1. The van der Waals surface area contributed by atoms with Gasteiger partial charge in [-0.2, -0.15) is 0 Å². The molecule has 212 valence electrons. The molecule has 2 aromatic rings. The topological polar surface area (TPSA) is 178 Å². The molecule has 40 heavy (non-hydrogen) atoms. The van der Waals surface area contributed by atoms with Gasteiger partial charge in [0.15, 0.2) is 0 Å². The SMILES string of the molecule is CNC(=O)[C@@]12CC(=O)O[B-]([C@H](CC(C)C)NC(=O)[C@H](Cc3ccccc3)NC(=O)c3cnccn3)(O1)[OH+]C(=O)C2. The van der Waals surface area contributed by atoms with Crippen LogP contribution in [0.2, 0.25) is 0 Å². The first-order valence-electron chi connectivity index (χ1n) is 13.0. The third kappa shape index (κ3) is 6.28. The largest absolute Gasteiger partial charge is 0.717 e. The third-order valence-electron chi connectivity index (χ3n) is 6.79. The van der Waals surface area contributed by atoms with Gasteiger partial charge in [-0.1, -0.05) is 50.6 Å². The van der Waals surface area contributed by atoms with Crippen molar-refractivity contribution in [3.05, 3.63) is 60.2 Å². The summed E-state index contributed by atoms with van der Waals surface area (Å²) in [7, 11) is 1.37. The van der Waals surface area contributed by atoms with E-state index in [-0.39, 0.29) is 24.5 Å². The highest BCUT2D eigenvalue weighted by atomic mass is 16.8. The zero-order valence-corrected chi connectivity index (χ0v) is 22.5. The zero-order chi connectivity index (χ0) is 28.9. The lowest BCUT2D eigenvalue weighted by Gasteiger charge is -2.55. The fourth-order valence-corrected chi connectivity index (χ4v) is 5.03. The van der Waals surface area contributed by atoms with E-state index in [0.717, 1.165) is 5.56 Å². The maximum absolute atomic E-state index is 13.8. The van der Waals surface area contributed by atoms with Gasteiger partial charge in [0.05, 0.1) is 12.6 Å². The van der Waals surface area contributed by atoms with Gasteiger partial charge < -0.3 is 29.9 Å². The Balaban J connectivity index is 1.65. The minimum atomic E-state index is -3.14. The van der Waals surface area contributed by atoms with Crippen molar-refractivity contribution in [2.75, 3.05) is 7.05 Å². The predicted octanol–water partition coefficient (Wildman–Crippen LogP) is -0.267. The molecule has 1 unspecified atom stereocenters. The van der Waals surface area contributed by atoms with Crippen molar-refractivity contribution < 1.29 is 37.9 Å². The third-order valence-corrected chi connectivity index (χ3v) is 6.79. The van der Waals surface area contributed by atoms with Crippen LogP contribution < -0.4 is 16.0 Å². The lowest BCUT2D eigenvalue weighted by atomic mass is 9.61. The normalized spacial score (nSPS) is 23.3. The van der Waals surface area contributed by atoms with Gasteiger partial charge in [-0.15, -0.1) is 0 Å². The van der Waals surface area contributed by atoms with Crippen LogP contribution in [0.4, 0.5) is 0 Å². The number of nitrogens with one attached hydrogen (secondary N) is 3. The van der Waals surface area contributed by atoms with Crippen LogP contribution in [0, 0.1) is 5.92 Å². The summed E-state index contributed by atoms with van der Waals surface area (Å²) in [5.74, 6) is -4.54. The van der Waals surface area contributed by atoms with Gasteiger partial charge in [0, 0.05) is 36.6 Å². The molecule has 2 aliphatic heterocycles. The van der Waals surface area contributed by atoms with Crippen LogP contribution in [-0.2, 0) is 34.9 Å². The quantitative estimate of drug-likeness (QED) is 0.264. The smallest absolute Gasteiger partial charge is 0.594 e. The molecular weight excluding hydrogens is 521 g/mol. The second-order valence-corrected chi connectivity index (χ2v) is 10.3. The van der Waals surface area contributed by atoms with Gasteiger partial charge in [0.25, 0.3) is 11.9 Å². The Morgan fingerprint density at radius 2 is 1.85 bits per heavy atom. The highest BCUT2D eigenvalue weighted by molar-refractivity contribution is 6.66. The molecule has 2 aliphatic rings. The van der Waals surface area contributed by atoms with Gasteiger partial charge >= 0.3 is 12.7 Å². The van der Waals surface area contributed by atoms with Crippen LogP contribution in [0.25, 0.3) is 0 Å². The number of carbonyl (C=O) groups excluding carboxylic acids is 4. The maximum atomic E-state index is 13.8. The van der Waals surface area contributed by atoms with Crippen molar-refractivity contribution in [2.24, 2.45) is 5.92 Å². The first-order chi connectivity index (χ1) is 19.1. The van der Waals surface area contributed by atoms with Crippen LogP contribution >= 0.6 is 0 Å². The number of carboxylic acids is 1. The Bertz CT molecular complexity index is 1260. The minimum Gasteiger partial charge on any atom is -0.717 e. The molecule has 1 aromatic heterocycles. The molecule has 0 radical (unpaired) electrons. The summed E-state index contributed by atoms with van der Waals surface area (Å²) in [6.45, 7) is 0.594. The van der Waals surface area contributed by atoms with Gasteiger partial charge in [-0.3, -0.25) is 24.2 Å². The second-order valence-electron chi connectivity index (χ2n) is 10.3. The maximum Gasteiger partial charge on any atom is 0.594 e.